The van der Waals surface area contributed by atoms with Crippen molar-refractivity contribution in [1.29, 1.82) is 0 Å². The summed E-state index contributed by atoms with van der Waals surface area (Å²) in [6, 6.07) is 0. The van der Waals surface area contributed by atoms with Gasteiger partial charge < -0.3 is 10.2 Å². The van der Waals surface area contributed by atoms with Crippen LogP contribution in [0.15, 0.2) is 6.20 Å². The van der Waals surface area contributed by atoms with E-state index >= 15 is 0 Å². The van der Waals surface area contributed by atoms with Crippen molar-refractivity contribution in [3.8, 4) is 0 Å². The molecule has 0 fully saturated rings. The monoisotopic (exact) mass is 194 g/mol. The SMILES string of the molecule is CCc1nc(N(C)C)ncc1CNC. The van der Waals surface area contributed by atoms with Crippen molar-refractivity contribution in [2.75, 3.05) is 26.0 Å². The van der Waals surface area contributed by atoms with Gasteiger partial charge in [-0.05, 0) is 13.5 Å². The first kappa shape index (κ1) is 10.9. The third kappa shape index (κ3) is 2.42. The number of hydrogen-bond acceptors (Lipinski definition) is 4. The topological polar surface area (TPSA) is 41.1 Å². The molecule has 1 rings (SSSR count). The average molecular weight is 194 g/mol. The van der Waals surface area contributed by atoms with Crippen molar-refractivity contribution in [3.63, 3.8) is 0 Å². The third-order valence-corrected chi connectivity index (χ3v) is 2.04. The minimum absolute atomic E-state index is 0.779. The quantitative estimate of drug-likeness (QED) is 0.770. The average Bonchev–Trinajstić information content (AvgIpc) is 2.18. The van der Waals surface area contributed by atoms with Crippen LogP contribution in [0.25, 0.3) is 0 Å². The Labute approximate surface area is 85.4 Å². The van der Waals surface area contributed by atoms with E-state index in [-0.39, 0.29) is 0 Å². The van der Waals surface area contributed by atoms with E-state index in [2.05, 4.69) is 22.2 Å². The highest BCUT2D eigenvalue weighted by Gasteiger charge is 2.05. The van der Waals surface area contributed by atoms with Crippen LogP contribution < -0.4 is 10.2 Å². The van der Waals surface area contributed by atoms with Crippen molar-refractivity contribution in [2.45, 2.75) is 19.9 Å². The molecule has 0 bridgehead atoms. The molecule has 0 unspecified atom stereocenters. The Morgan fingerprint density at radius 1 is 1.43 bits per heavy atom. The van der Waals surface area contributed by atoms with Gasteiger partial charge in [-0.2, -0.15) is 0 Å². The van der Waals surface area contributed by atoms with Gasteiger partial charge in [-0.15, -0.1) is 0 Å². The van der Waals surface area contributed by atoms with Gasteiger partial charge in [0.15, 0.2) is 0 Å². The lowest BCUT2D eigenvalue weighted by molar-refractivity contribution is 0.782. The molecule has 0 radical (unpaired) electrons. The molecule has 14 heavy (non-hydrogen) atoms. The summed E-state index contributed by atoms with van der Waals surface area (Å²) in [5.41, 5.74) is 2.30. The van der Waals surface area contributed by atoms with Crippen LogP contribution in [0.4, 0.5) is 5.95 Å². The fourth-order valence-corrected chi connectivity index (χ4v) is 1.29. The lowest BCUT2D eigenvalue weighted by Crippen LogP contribution is -2.16. The summed E-state index contributed by atoms with van der Waals surface area (Å²) in [6.45, 7) is 2.94. The molecule has 0 saturated carbocycles. The maximum atomic E-state index is 4.48. The summed E-state index contributed by atoms with van der Waals surface area (Å²) in [5.74, 6) is 0.779. The molecule has 0 saturated heterocycles. The molecule has 0 aliphatic rings. The van der Waals surface area contributed by atoms with Crippen LogP contribution in [0.5, 0.6) is 0 Å². The van der Waals surface area contributed by atoms with Crippen LogP contribution in [-0.2, 0) is 13.0 Å². The van der Waals surface area contributed by atoms with Gasteiger partial charge in [0.25, 0.3) is 0 Å². The van der Waals surface area contributed by atoms with Gasteiger partial charge in [0, 0.05) is 32.4 Å². The highest BCUT2D eigenvalue weighted by molar-refractivity contribution is 5.31. The zero-order valence-electron chi connectivity index (χ0n) is 9.33. The number of aromatic nitrogens is 2. The van der Waals surface area contributed by atoms with Crippen LogP contribution in [0, 0.1) is 0 Å². The van der Waals surface area contributed by atoms with Crippen molar-refractivity contribution >= 4 is 5.95 Å². The lowest BCUT2D eigenvalue weighted by atomic mass is 10.2. The van der Waals surface area contributed by atoms with Gasteiger partial charge in [-0.25, -0.2) is 9.97 Å². The zero-order valence-corrected chi connectivity index (χ0v) is 9.33. The number of anilines is 1. The fraction of sp³-hybridized carbons (Fsp3) is 0.600. The molecular formula is C10H18N4. The van der Waals surface area contributed by atoms with E-state index in [4.69, 9.17) is 0 Å². The van der Waals surface area contributed by atoms with Gasteiger partial charge >= 0.3 is 0 Å². The van der Waals surface area contributed by atoms with Gasteiger partial charge in [0.2, 0.25) is 5.95 Å². The molecule has 4 heteroatoms. The van der Waals surface area contributed by atoms with Crippen molar-refractivity contribution < 1.29 is 0 Å². The van der Waals surface area contributed by atoms with Gasteiger partial charge in [0.1, 0.15) is 0 Å². The Bertz CT molecular complexity index is 296. The van der Waals surface area contributed by atoms with Gasteiger partial charge in [-0.3, -0.25) is 0 Å². The first-order valence-electron chi connectivity index (χ1n) is 4.85. The highest BCUT2D eigenvalue weighted by Crippen LogP contribution is 2.10. The Hall–Kier alpha value is -1.16. The molecule has 1 aromatic heterocycles. The van der Waals surface area contributed by atoms with E-state index in [0.29, 0.717) is 0 Å². The second kappa shape index (κ2) is 4.91. The largest absolute Gasteiger partial charge is 0.347 e. The van der Waals surface area contributed by atoms with Crippen LogP contribution in [-0.4, -0.2) is 31.1 Å². The maximum absolute atomic E-state index is 4.48. The minimum Gasteiger partial charge on any atom is -0.347 e. The van der Waals surface area contributed by atoms with E-state index in [1.165, 1.54) is 5.56 Å². The van der Waals surface area contributed by atoms with E-state index in [9.17, 15) is 0 Å². The van der Waals surface area contributed by atoms with Crippen molar-refractivity contribution in [1.82, 2.24) is 15.3 Å². The van der Waals surface area contributed by atoms with Crippen LogP contribution in [0.3, 0.4) is 0 Å². The maximum Gasteiger partial charge on any atom is 0.225 e. The van der Waals surface area contributed by atoms with Crippen molar-refractivity contribution in [2.24, 2.45) is 0 Å². The van der Waals surface area contributed by atoms with E-state index in [1.807, 2.05) is 32.2 Å². The molecule has 0 aliphatic heterocycles. The molecule has 0 aromatic carbocycles. The molecule has 0 amide bonds. The summed E-state index contributed by atoms with van der Waals surface area (Å²) in [4.78, 5) is 10.7. The standard InChI is InChI=1S/C10H18N4/c1-5-9-8(6-11-2)7-12-10(13-9)14(3)4/h7,11H,5-6H2,1-4H3. The fourth-order valence-electron chi connectivity index (χ4n) is 1.29. The number of nitrogens with one attached hydrogen (secondary N) is 1. The minimum atomic E-state index is 0.779. The molecule has 1 heterocycles. The second-order valence-electron chi connectivity index (χ2n) is 3.42. The first-order chi connectivity index (χ1) is 6.69. The van der Waals surface area contributed by atoms with E-state index < -0.39 is 0 Å². The Balaban J connectivity index is 2.98. The number of aryl methyl sites for hydroxylation is 1. The summed E-state index contributed by atoms with van der Waals surface area (Å²) in [6.07, 6.45) is 2.85. The van der Waals surface area contributed by atoms with Crippen LogP contribution in [0.1, 0.15) is 18.2 Å². The van der Waals surface area contributed by atoms with Crippen LogP contribution in [0.2, 0.25) is 0 Å². The number of hydrogen-bond donors (Lipinski definition) is 1. The molecule has 1 N–H and O–H groups in total. The number of nitrogens with zero attached hydrogens (tertiary/aromatic N) is 3. The Morgan fingerprint density at radius 2 is 2.14 bits per heavy atom. The smallest absolute Gasteiger partial charge is 0.225 e. The number of rotatable bonds is 4. The summed E-state index contributed by atoms with van der Waals surface area (Å²) < 4.78 is 0. The molecule has 0 aliphatic carbocycles. The van der Waals surface area contributed by atoms with Crippen LogP contribution >= 0.6 is 0 Å². The van der Waals surface area contributed by atoms with E-state index in [1.54, 1.807) is 0 Å². The normalized spacial score (nSPS) is 10.3. The summed E-state index contributed by atoms with van der Waals surface area (Å²) in [7, 11) is 5.83. The Morgan fingerprint density at radius 3 is 2.64 bits per heavy atom. The third-order valence-electron chi connectivity index (χ3n) is 2.04. The predicted molar refractivity (Wildman–Crippen MR) is 58.5 cm³/mol. The molecule has 78 valence electrons. The molecule has 1 aromatic rings. The lowest BCUT2D eigenvalue weighted by Gasteiger charge is -2.13. The second-order valence-corrected chi connectivity index (χ2v) is 3.42. The summed E-state index contributed by atoms with van der Waals surface area (Å²) in [5, 5.41) is 3.11. The molecular weight excluding hydrogens is 176 g/mol. The molecule has 0 spiro atoms. The predicted octanol–water partition coefficient (Wildman–Crippen LogP) is 0.824. The van der Waals surface area contributed by atoms with E-state index in [0.717, 1.165) is 24.6 Å². The zero-order chi connectivity index (χ0) is 10.6. The Kier molecular flexibility index (Phi) is 3.83. The first-order valence-corrected chi connectivity index (χ1v) is 4.85. The summed E-state index contributed by atoms with van der Waals surface area (Å²) >= 11 is 0. The van der Waals surface area contributed by atoms with Gasteiger partial charge in [-0.1, -0.05) is 6.92 Å². The van der Waals surface area contributed by atoms with Gasteiger partial charge in [0.05, 0.1) is 5.69 Å². The van der Waals surface area contributed by atoms with Crippen molar-refractivity contribution in [3.05, 3.63) is 17.5 Å². The molecule has 4 nitrogen and oxygen atoms in total. The molecule has 0 atom stereocenters. The highest BCUT2D eigenvalue weighted by atomic mass is 15.2.